The smallest absolute Gasteiger partial charge is 0.251 e. The average molecular weight is 469 g/mol. The zero-order chi connectivity index (χ0) is 25.5. The Bertz CT molecular complexity index is 1010. The summed E-state index contributed by atoms with van der Waals surface area (Å²) in [5.41, 5.74) is 3.92. The van der Waals surface area contributed by atoms with Gasteiger partial charge in [-0.2, -0.15) is 0 Å². The van der Waals surface area contributed by atoms with E-state index in [9.17, 15) is 9.59 Å². The van der Waals surface area contributed by atoms with Gasteiger partial charge in [-0.3, -0.25) is 9.59 Å². The average Bonchev–Trinajstić information content (AvgIpc) is 2.80. The third-order valence-electron chi connectivity index (χ3n) is 6.14. The van der Waals surface area contributed by atoms with Gasteiger partial charge in [-0.1, -0.05) is 52.7 Å². The van der Waals surface area contributed by atoms with Crippen molar-refractivity contribution in [2.45, 2.75) is 71.6 Å². The number of amides is 2. The fraction of sp³-hybridized carbons (Fsp3) is 0.500. The Morgan fingerprint density at radius 1 is 1.06 bits per heavy atom. The molecule has 2 aromatic carbocycles. The first kappa shape index (κ1) is 27.2. The van der Waals surface area contributed by atoms with Crippen LogP contribution in [0.5, 0.6) is 11.5 Å². The molecule has 2 rings (SSSR count). The summed E-state index contributed by atoms with van der Waals surface area (Å²) in [6, 6.07) is 9.55. The van der Waals surface area contributed by atoms with E-state index in [1.54, 1.807) is 27.3 Å². The number of rotatable bonds is 10. The second-order valence-corrected chi connectivity index (χ2v) is 9.74. The van der Waals surface area contributed by atoms with E-state index in [2.05, 4.69) is 38.3 Å². The van der Waals surface area contributed by atoms with Gasteiger partial charge in [0.2, 0.25) is 5.91 Å². The Labute approximate surface area is 204 Å². The van der Waals surface area contributed by atoms with Gasteiger partial charge in [0.1, 0.15) is 11.5 Å². The molecule has 0 saturated carbocycles. The summed E-state index contributed by atoms with van der Waals surface area (Å²) >= 11 is 0. The molecule has 2 aromatic rings. The molecule has 0 spiro atoms. The molecule has 1 atom stereocenters. The van der Waals surface area contributed by atoms with Gasteiger partial charge in [0.05, 0.1) is 14.2 Å². The minimum atomic E-state index is -0.199. The number of methoxy groups -OCH3 is 2. The lowest BCUT2D eigenvalue weighted by molar-refractivity contribution is -0.116. The molecule has 0 radical (unpaired) electrons. The molecule has 0 saturated heterocycles. The molecule has 0 aliphatic carbocycles. The van der Waals surface area contributed by atoms with Crippen molar-refractivity contribution >= 4 is 17.5 Å². The molecule has 0 aliphatic rings. The number of aryl methyl sites for hydroxylation is 1. The van der Waals surface area contributed by atoms with Crippen molar-refractivity contribution in [1.29, 1.82) is 0 Å². The predicted octanol–water partition coefficient (Wildman–Crippen LogP) is 5.97. The van der Waals surface area contributed by atoms with Crippen LogP contribution in [-0.2, 0) is 10.2 Å². The van der Waals surface area contributed by atoms with Gasteiger partial charge in [-0.25, -0.2) is 0 Å². The summed E-state index contributed by atoms with van der Waals surface area (Å²) in [4.78, 5) is 25.7. The quantitative estimate of drug-likeness (QED) is 0.450. The molecule has 0 aromatic heterocycles. The van der Waals surface area contributed by atoms with Gasteiger partial charge in [0.15, 0.2) is 0 Å². The van der Waals surface area contributed by atoms with Crippen LogP contribution in [0.2, 0.25) is 0 Å². The maximum absolute atomic E-state index is 13.3. The molecule has 2 amide bonds. The number of nitrogens with one attached hydrogen (secondary N) is 2. The number of ether oxygens (including phenoxy) is 2. The molecule has 34 heavy (non-hydrogen) atoms. The van der Waals surface area contributed by atoms with Gasteiger partial charge < -0.3 is 20.1 Å². The molecule has 186 valence electrons. The SMILES string of the molecule is CCCCC(CC(=O)Nc1cc(C(=O)NC)c(C)cc1C(C)(C)C)c1ccc(OC)cc1OC. The Balaban J connectivity index is 2.40. The fourth-order valence-corrected chi connectivity index (χ4v) is 4.21. The Morgan fingerprint density at radius 3 is 2.32 bits per heavy atom. The molecule has 0 aliphatic heterocycles. The molecule has 6 nitrogen and oxygen atoms in total. The highest BCUT2D eigenvalue weighted by molar-refractivity contribution is 5.99. The second-order valence-electron chi connectivity index (χ2n) is 9.74. The molecule has 0 bridgehead atoms. The van der Waals surface area contributed by atoms with Crippen molar-refractivity contribution in [2.75, 3.05) is 26.6 Å². The van der Waals surface area contributed by atoms with Gasteiger partial charge in [0, 0.05) is 30.8 Å². The maximum Gasteiger partial charge on any atom is 0.251 e. The predicted molar refractivity (Wildman–Crippen MR) is 138 cm³/mol. The van der Waals surface area contributed by atoms with E-state index < -0.39 is 0 Å². The molecule has 0 heterocycles. The van der Waals surface area contributed by atoms with Crippen LogP contribution >= 0.6 is 0 Å². The van der Waals surface area contributed by atoms with Crippen molar-refractivity contribution < 1.29 is 19.1 Å². The molecule has 0 fully saturated rings. The lowest BCUT2D eigenvalue weighted by Gasteiger charge is -2.26. The highest BCUT2D eigenvalue weighted by Gasteiger charge is 2.25. The Kier molecular flexibility index (Phi) is 9.54. The highest BCUT2D eigenvalue weighted by atomic mass is 16.5. The number of hydrogen-bond acceptors (Lipinski definition) is 4. The summed E-state index contributed by atoms with van der Waals surface area (Å²) in [5.74, 6) is 1.19. The van der Waals surface area contributed by atoms with Crippen molar-refractivity contribution in [3.05, 3.63) is 52.6 Å². The molecule has 2 N–H and O–H groups in total. The van der Waals surface area contributed by atoms with E-state index in [0.717, 1.165) is 47.5 Å². The second kappa shape index (κ2) is 11.9. The molecule has 6 heteroatoms. The summed E-state index contributed by atoms with van der Waals surface area (Å²) in [5, 5.41) is 5.80. The topological polar surface area (TPSA) is 76.7 Å². The monoisotopic (exact) mass is 468 g/mol. The van der Waals surface area contributed by atoms with Crippen molar-refractivity contribution in [3.8, 4) is 11.5 Å². The van der Waals surface area contributed by atoms with Crippen LogP contribution in [0.25, 0.3) is 0 Å². The third kappa shape index (κ3) is 6.75. The van der Waals surface area contributed by atoms with E-state index in [-0.39, 0.29) is 23.1 Å². The van der Waals surface area contributed by atoms with Crippen LogP contribution in [-0.4, -0.2) is 33.1 Å². The first-order chi connectivity index (χ1) is 16.0. The summed E-state index contributed by atoms with van der Waals surface area (Å²) < 4.78 is 11.0. The van der Waals surface area contributed by atoms with Gasteiger partial charge in [0.25, 0.3) is 5.91 Å². The summed E-state index contributed by atoms with van der Waals surface area (Å²) in [6.07, 6.45) is 3.23. The third-order valence-corrected chi connectivity index (χ3v) is 6.14. The van der Waals surface area contributed by atoms with Crippen LogP contribution in [0.1, 0.15) is 86.3 Å². The van der Waals surface area contributed by atoms with Crippen molar-refractivity contribution in [2.24, 2.45) is 0 Å². The van der Waals surface area contributed by atoms with Crippen molar-refractivity contribution in [3.63, 3.8) is 0 Å². The number of benzene rings is 2. The lowest BCUT2D eigenvalue weighted by atomic mass is 9.83. The molecule has 1 unspecified atom stereocenters. The zero-order valence-corrected chi connectivity index (χ0v) is 21.9. The van der Waals surface area contributed by atoms with Crippen LogP contribution < -0.4 is 20.1 Å². The largest absolute Gasteiger partial charge is 0.497 e. The highest BCUT2D eigenvalue weighted by Crippen LogP contribution is 2.37. The first-order valence-corrected chi connectivity index (χ1v) is 11.9. The number of carbonyl (C=O) groups is 2. The van der Waals surface area contributed by atoms with E-state index in [4.69, 9.17) is 9.47 Å². The number of carbonyl (C=O) groups excluding carboxylic acids is 2. The van der Waals surface area contributed by atoms with Gasteiger partial charge >= 0.3 is 0 Å². The standard InChI is InChI=1S/C28H40N2O4/c1-9-10-11-19(21-13-12-20(33-7)16-25(21)34-8)15-26(31)30-24-17-22(27(32)29-6)18(2)14-23(24)28(3,4)5/h12-14,16-17,19H,9-11,15H2,1-8H3,(H,29,32)(H,30,31). The maximum atomic E-state index is 13.3. The summed E-state index contributed by atoms with van der Waals surface area (Å²) in [6.45, 7) is 10.4. The van der Waals surface area contributed by atoms with E-state index in [1.165, 1.54) is 0 Å². The number of anilines is 1. The normalized spacial score (nSPS) is 12.1. The van der Waals surface area contributed by atoms with Crippen LogP contribution in [0, 0.1) is 6.92 Å². The van der Waals surface area contributed by atoms with Crippen LogP contribution in [0.3, 0.4) is 0 Å². The van der Waals surface area contributed by atoms with E-state index in [1.807, 2.05) is 31.2 Å². The van der Waals surface area contributed by atoms with Gasteiger partial charge in [-0.15, -0.1) is 0 Å². The zero-order valence-electron chi connectivity index (χ0n) is 21.9. The first-order valence-electron chi connectivity index (χ1n) is 11.9. The fourth-order valence-electron chi connectivity index (χ4n) is 4.21. The number of unbranched alkanes of at least 4 members (excludes halogenated alkanes) is 1. The lowest BCUT2D eigenvalue weighted by Crippen LogP contribution is -2.24. The van der Waals surface area contributed by atoms with Crippen LogP contribution in [0.4, 0.5) is 5.69 Å². The summed E-state index contributed by atoms with van der Waals surface area (Å²) in [7, 11) is 4.87. The number of hydrogen-bond donors (Lipinski definition) is 2. The molecular formula is C28H40N2O4. The van der Waals surface area contributed by atoms with E-state index in [0.29, 0.717) is 17.7 Å². The van der Waals surface area contributed by atoms with Crippen molar-refractivity contribution in [1.82, 2.24) is 5.32 Å². The molecular weight excluding hydrogens is 428 g/mol. The Morgan fingerprint density at radius 2 is 1.76 bits per heavy atom. The minimum Gasteiger partial charge on any atom is -0.497 e. The Hall–Kier alpha value is -3.02. The van der Waals surface area contributed by atoms with Gasteiger partial charge in [-0.05, 0) is 53.5 Å². The minimum absolute atomic E-state index is 0.00255. The van der Waals surface area contributed by atoms with Crippen LogP contribution in [0.15, 0.2) is 30.3 Å². The van der Waals surface area contributed by atoms with E-state index >= 15 is 0 Å².